The van der Waals surface area contributed by atoms with Gasteiger partial charge in [0.05, 0.1) is 0 Å². The van der Waals surface area contributed by atoms with Gasteiger partial charge in [-0.05, 0) is 23.1 Å². The zero-order valence-corrected chi connectivity index (χ0v) is 15.3. The fourth-order valence-electron chi connectivity index (χ4n) is 2.92. The summed E-state index contributed by atoms with van der Waals surface area (Å²) >= 11 is 0. The smallest absolute Gasteiger partial charge is 0.332 e. The molecule has 1 amide bonds. The topological polar surface area (TPSA) is 148 Å². The lowest BCUT2D eigenvalue weighted by Gasteiger charge is -2.20. The molecule has 0 spiro atoms. The average Bonchev–Trinajstić information content (AvgIpc) is 3.15. The van der Waals surface area contributed by atoms with Crippen LogP contribution < -0.4 is 5.32 Å². The van der Waals surface area contributed by atoms with E-state index in [4.69, 9.17) is 5.11 Å². The molecule has 1 heterocycles. The van der Waals surface area contributed by atoms with E-state index in [1.54, 1.807) is 0 Å². The van der Waals surface area contributed by atoms with E-state index in [0.29, 0.717) is 6.42 Å². The number of rotatable bonds is 8. The number of aromatic amines is 1. The molecule has 3 aromatic rings. The van der Waals surface area contributed by atoms with Gasteiger partial charge in [0.1, 0.15) is 0 Å². The van der Waals surface area contributed by atoms with E-state index in [1.165, 1.54) is 0 Å². The van der Waals surface area contributed by atoms with Crippen LogP contribution in [-0.2, 0) is 11.2 Å². The number of aliphatic hydroxyl groups is 1. The van der Waals surface area contributed by atoms with E-state index in [-0.39, 0.29) is 12.2 Å². The van der Waals surface area contributed by atoms with Crippen molar-refractivity contribution in [2.75, 3.05) is 0 Å². The van der Waals surface area contributed by atoms with Crippen molar-refractivity contribution in [3.63, 3.8) is 0 Å². The number of nitrogens with zero attached hydrogens (tertiary/aromatic N) is 2. The largest absolute Gasteiger partial charge is 0.479 e. The first kappa shape index (κ1) is 20.0. The Balaban J connectivity index is 1.73. The minimum atomic E-state index is -1.63. The molecule has 150 valence electrons. The number of carboxylic acid groups (broad SMARTS) is 1. The number of carboxylic acids is 1. The van der Waals surface area contributed by atoms with E-state index < -0.39 is 30.0 Å². The predicted octanol–water partition coefficient (Wildman–Crippen LogP) is 1.35. The van der Waals surface area contributed by atoms with E-state index in [2.05, 4.69) is 20.5 Å². The van der Waals surface area contributed by atoms with Gasteiger partial charge >= 0.3 is 12.0 Å². The Kier molecular flexibility index (Phi) is 6.20. The van der Waals surface area contributed by atoms with Gasteiger partial charge in [-0.25, -0.2) is 9.89 Å². The Bertz CT molecular complexity index is 972. The molecule has 9 heteroatoms. The number of carbonyl (C=O) groups is 2. The molecule has 0 radical (unpaired) electrons. The number of hydrogen-bond donors (Lipinski definition) is 5. The number of hydrogen-bond acceptors (Lipinski definition) is 6. The first-order valence-electron chi connectivity index (χ1n) is 8.90. The zero-order chi connectivity index (χ0) is 20.8. The third-order valence-corrected chi connectivity index (χ3v) is 4.35. The number of nitrogens with one attached hydrogen (secondary N) is 2. The van der Waals surface area contributed by atoms with Gasteiger partial charge in [0.2, 0.25) is 5.82 Å². The van der Waals surface area contributed by atoms with Crippen LogP contribution in [0.5, 0.6) is 6.01 Å². The first-order valence-corrected chi connectivity index (χ1v) is 8.90. The summed E-state index contributed by atoms with van der Waals surface area (Å²) in [6.45, 7) is 0. The van der Waals surface area contributed by atoms with Crippen LogP contribution in [0.25, 0.3) is 11.1 Å². The van der Waals surface area contributed by atoms with E-state index in [9.17, 15) is 19.8 Å². The molecule has 0 aliphatic heterocycles. The van der Waals surface area contributed by atoms with Crippen molar-refractivity contribution in [1.82, 2.24) is 20.5 Å². The number of aliphatic carboxylic acids is 1. The van der Waals surface area contributed by atoms with Crippen molar-refractivity contribution >= 4 is 11.9 Å². The summed E-state index contributed by atoms with van der Waals surface area (Å²) in [4.78, 5) is 26.8. The summed E-state index contributed by atoms with van der Waals surface area (Å²) in [5.74, 6) is -2.35. The van der Waals surface area contributed by atoms with Gasteiger partial charge in [-0.1, -0.05) is 54.6 Å². The zero-order valence-electron chi connectivity index (χ0n) is 15.3. The Morgan fingerprint density at radius 3 is 2.28 bits per heavy atom. The maximum Gasteiger partial charge on any atom is 0.332 e. The first-order chi connectivity index (χ1) is 13.9. The third-order valence-electron chi connectivity index (χ3n) is 4.35. The molecule has 2 atom stereocenters. The third kappa shape index (κ3) is 5.39. The van der Waals surface area contributed by atoms with Gasteiger partial charge < -0.3 is 20.6 Å². The van der Waals surface area contributed by atoms with Crippen LogP contribution in [0.15, 0.2) is 54.6 Å². The highest BCUT2D eigenvalue weighted by Gasteiger charge is 2.24. The molecule has 0 saturated carbocycles. The van der Waals surface area contributed by atoms with Crippen LogP contribution >= 0.6 is 0 Å². The lowest BCUT2D eigenvalue weighted by Crippen LogP contribution is -2.41. The number of aromatic hydroxyl groups is 1. The van der Waals surface area contributed by atoms with Gasteiger partial charge in [0.25, 0.3) is 5.91 Å². The lowest BCUT2D eigenvalue weighted by molar-refractivity contribution is -0.147. The second-order valence-electron chi connectivity index (χ2n) is 6.51. The summed E-state index contributed by atoms with van der Waals surface area (Å²) in [5.41, 5.74) is 2.94. The summed E-state index contributed by atoms with van der Waals surface area (Å²) in [6.07, 6.45) is -1.54. The molecule has 0 saturated heterocycles. The molecule has 5 N–H and O–H groups in total. The number of benzene rings is 2. The Morgan fingerprint density at radius 1 is 1.03 bits per heavy atom. The highest BCUT2D eigenvalue weighted by atomic mass is 16.4. The molecule has 1 aromatic heterocycles. The minimum absolute atomic E-state index is 0.197. The van der Waals surface area contributed by atoms with Gasteiger partial charge in [-0.3, -0.25) is 4.79 Å². The standard InChI is InChI=1S/C20H20N4O5/c25-16(19(27)28)11-15(21-18(26)17-22-20(29)24-23-17)10-12-6-8-14(9-7-12)13-4-2-1-3-5-13/h1-9,15-16,25H,10-11H2,(H,21,26)(H,27,28)(H2,22,23,24,29)/t15-,16-/m1/s1. The SMILES string of the molecule is O=C(N[C@H](Cc1ccc(-c2ccccc2)cc1)C[C@@H](O)C(=O)O)c1n[nH]c(O)n1. The van der Waals surface area contributed by atoms with E-state index in [1.807, 2.05) is 54.6 Å². The number of H-pyrrole nitrogens is 1. The second kappa shape index (κ2) is 8.98. The Hall–Kier alpha value is -3.72. The molecular formula is C20H20N4O5. The summed E-state index contributed by atoms with van der Waals surface area (Å²) in [7, 11) is 0. The summed E-state index contributed by atoms with van der Waals surface area (Å²) in [6, 6.07) is 16.3. The molecule has 9 nitrogen and oxygen atoms in total. The molecule has 0 fully saturated rings. The van der Waals surface area contributed by atoms with Crippen LogP contribution in [0.2, 0.25) is 0 Å². The molecule has 3 rings (SSSR count). The number of aromatic nitrogens is 3. The fourth-order valence-corrected chi connectivity index (χ4v) is 2.92. The van der Waals surface area contributed by atoms with Crippen molar-refractivity contribution in [1.29, 1.82) is 0 Å². The lowest BCUT2D eigenvalue weighted by atomic mass is 9.98. The van der Waals surface area contributed by atoms with Gasteiger partial charge in [-0.2, -0.15) is 4.98 Å². The average molecular weight is 396 g/mol. The Labute approximate surface area is 166 Å². The van der Waals surface area contributed by atoms with Gasteiger partial charge in [0, 0.05) is 12.5 Å². The maximum absolute atomic E-state index is 12.3. The van der Waals surface area contributed by atoms with E-state index in [0.717, 1.165) is 16.7 Å². The van der Waals surface area contributed by atoms with Crippen LogP contribution in [0.3, 0.4) is 0 Å². The molecule has 0 bridgehead atoms. The normalized spacial score (nSPS) is 12.9. The van der Waals surface area contributed by atoms with Crippen molar-refractivity contribution in [3.05, 3.63) is 66.0 Å². The van der Waals surface area contributed by atoms with Crippen LogP contribution in [-0.4, -0.2) is 54.5 Å². The molecule has 2 aromatic carbocycles. The highest BCUT2D eigenvalue weighted by molar-refractivity contribution is 5.90. The monoisotopic (exact) mass is 396 g/mol. The minimum Gasteiger partial charge on any atom is -0.479 e. The molecule has 0 unspecified atom stereocenters. The quantitative estimate of drug-likeness (QED) is 0.386. The van der Waals surface area contributed by atoms with Crippen LogP contribution in [0.1, 0.15) is 22.6 Å². The highest BCUT2D eigenvalue weighted by Crippen LogP contribution is 2.20. The molecule has 0 aliphatic rings. The molecule has 29 heavy (non-hydrogen) atoms. The molecular weight excluding hydrogens is 376 g/mol. The van der Waals surface area contributed by atoms with E-state index >= 15 is 0 Å². The second-order valence-corrected chi connectivity index (χ2v) is 6.51. The fraction of sp³-hybridized carbons (Fsp3) is 0.200. The summed E-state index contributed by atoms with van der Waals surface area (Å²) < 4.78 is 0. The summed E-state index contributed by atoms with van der Waals surface area (Å²) in [5, 5.41) is 36.2. The Morgan fingerprint density at radius 2 is 1.69 bits per heavy atom. The van der Waals surface area contributed by atoms with Crippen LogP contribution in [0.4, 0.5) is 0 Å². The number of amides is 1. The van der Waals surface area contributed by atoms with Crippen molar-refractivity contribution < 1.29 is 24.9 Å². The van der Waals surface area contributed by atoms with Gasteiger partial charge in [-0.15, -0.1) is 5.10 Å². The maximum atomic E-state index is 12.3. The van der Waals surface area contributed by atoms with Crippen LogP contribution in [0, 0.1) is 0 Å². The molecule has 0 aliphatic carbocycles. The van der Waals surface area contributed by atoms with Crippen molar-refractivity contribution in [2.45, 2.75) is 25.0 Å². The van der Waals surface area contributed by atoms with Crippen molar-refractivity contribution in [2.24, 2.45) is 0 Å². The van der Waals surface area contributed by atoms with Crippen molar-refractivity contribution in [3.8, 4) is 17.1 Å². The number of aliphatic hydroxyl groups excluding tert-OH is 1. The number of carbonyl (C=O) groups excluding carboxylic acids is 1. The van der Waals surface area contributed by atoms with Gasteiger partial charge in [0.15, 0.2) is 6.10 Å². The predicted molar refractivity (Wildman–Crippen MR) is 103 cm³/mol.